The summed E-state index contributed by atoms with van der Waals surface area (Å²) < 4.78 is 5.07. The van der Waals surface area contributed by atoms with Crippen LogP contribution < -0.4 is 5.32 Å². The van der Waals surface area contributed by atoms with Crippen LogP contribution in [0.25, 0.3) is 0 Å². The minimum atomic E-state index is -1.21. The highest BCUT2D eigenvalue weighted by Gasteiger charge is 2.18. The summed E-state index contributed by atoms with van der Waals surface area (Å²) in [7, 11) is 1.56. The molecule has 9 heteroatoms. The normalized spacial score (nSPS) is 11.8. The summed E-state index contributed by atoms with van der Waals surface area (Å²) in [5.41, 5.74) is 0.527. The average Bonchev–Trinajstić information content (AvgIpc) is 2.61. The first-order valence-electron chi connectivity index (χ1n) is 7.22. The molecule has 132 valence electrons. The molecule has 2 N–H and O–H groups in total. The van der Waals surface area contributed by atoms with E-state index in [2.05, 4.69) is 15.3 Å². The number of rotatable bonds is 7. The quantitative estimate of drug-likeness (QED) is 0.761. The molecule has 0 saturated carbocycles. The second-order valence-corrected chi connectivity index (χ2v) is 5.89. The molecule has 0 aliphatic carbocycles. The number of carbonyl (C=O) groups excluding carboxylic acids is 1. The number of carboxylic acid groups (broad SMARTS) is 1. The lowest BCUT2D eigenvalue weighted by atomic mass is 10.0. The number of carbonyl (C=O) groups is 2. The van der Waals surface area contributed by atoms with E-state index in [9.17, 15) is 9.59 Å². The first-order chi connectivity index (χ1) is 11.9. The summed E-state index contributed by atoms with van der Waals surface area (Å²) in [6.45, 7) is 0.412. The Bertz CT molecular complexity index is 768. The van der Waals surface area contributed by atoms with Crippen molar-refractivity contribution in [2.75, 3.05) is 13.7 Å². The number of methoxy groups -OCH3 is 1. The number of hydrogen-bond acceptors (Lipinski definition) is 5. The number of carboxylic acids is 1. The van der Waals surface area contributed by atoms with E-state index in [1.165, 1.54) is 0 Å². The van der Waals surface area contributed by atoms with Gasteiger partial charge in [-0.05, 0) is 24.1 Å². The number of amides is 1. The molecule has 1 unspecified atom stereocenters. The zero-order valence-electron chi connectivity index (χ0n) is 13.2. The third kappa shape index (κ3) is 5.12. The van der Waals surface area contributed by atoms with Crippen molar-refractivity contribution in [1.82, 2.24) is 15.3 Å². The molecule has 0 radical (unpaired) electrons. The van der Waals surface area contributed by atoms with Crippen molar-refractivity contribution in [3.05, 3.63) is 57.6 Å². The van der Waals surface area contributed by atoms with Crippen molar-refractivity contribution in [1.29, 1.82) is 0 Å². The smallest absolute Gasteiger partial charge is 0.356 e. The van der Waals surface area contributed by atoms with Gasteiger partial charge < -0.3 is 15.2 Å². The van der Waals surface area contributed by atoms with E-state index >= 15 is 0 Å². The number of halogens is 2. The van der Waals surface area contributed by atoms with Gasteiger partial charge in [-0.2, -0.15) is 0 Å². The lowest BCUT2D eigenvalue weighted by Crippen LogP contribution is -2.30. The molecule has 7 nitrogen and oxygen atoms in total. The highest BCUT2D eigenvalue weighted by molar-refractivity contribution is 6.42. The molecule has 0 bridgehead atoms. The van der Waals surface area contributed by atoms with Gasteiger partial charge in [-0.3, -0.25) is 4.79 Å². The second kappa shape index (κ2) is 8.75. The van der Waals surface area contributed by atoms with Crippen molar-refractivity contribution in [3.63, 3.8) is 0 Å². The Morgan fingerprint density at radius 1 is 1.20 bits per heavy atom. The molecule has 1 heterocycles. The fraction of sp³-hybridized carbons (Fsp3) is 0.250. The molecule has 1 atom stereocenters. The highest BCUT2D eigenvalue weighted by atomic mass is 35.5. The molecule has 0 aliphatic heterocycles. The predicted molar refractivity (Wildman–Crippen MR) is 92.2 cm³/mol. The van der Waals surface area contributed by atoms with Gasteiger partial charge in [0.15, 0.2) is 5.69 Å². The molecule has 25 heavy (non-hydrogen) atoms. The Morgan fingerprint density at radius 2 is 1.88 bits per heavy atom. The van der Waals surface area contributed by atoms with Crippen molar-refractivity contribution in [2.45, 2.75) is 12.5 Å². The maximum absolute atomic E-state index is 12.4. The van der Waals surface area contributed by atoms with Gasteiger partial charge in [0, 0.05) is 13.7 Å². The van der Waals surface area contributed by atoms with E-state index in [-0.39, 0.29) is 17.4 Å². The number of nitrogens with zero attached hydrogens (tertiary/aromatic N) is 2. The van der Waals surface area contributed by atoms with Gasteiger partial charge in [-0.15, -0.1) is 0 Å². The SMILES string of the molecule is COCCC(NC(=O)c1cnc(C(=O)O)cn1)c1ccc(Cl)c(Cl)c1. The number of aromatic nitrogens is 2. The van der Waals surface area contributed by atoms with Gasteiger partial charge in [0.25, 0.3) is 5.91 Å². The largest absolute Gasteiger partial charge is 0.476 e. The average molecular weight is 384 g/mol. The van der Waals surface area contributed by atoms with E-state index in [1.54, 1.807) is 25.3 Å². The monoisotopic (exact) mass is 383 g/mol. The number of nitrogens with one attached hydrogen (secondary N) is 1. The predicted octanol–water partition coefficient (Wildman–Crippen LogP) is 2.99. The van der Waals surface area contributed by atoms with Gasteiger partial charge in [0.2, 0.25) is 0 Å². The van der Waals surface area contributed by atoms with Crippen molar-refractivity contribution < 1.29 is 19.4 Å². The van der Waals surface area contributed by atoms with Gasteiger partial charge in [-0.25, -0.2) is 14.8 Å². The van der Waals surface area contributed by atoms with Crippen LogP contribution in [0.1, 0.15) is 39.0 Å². The van der Waals surface area contributed by atoms with E-state index in [0.717, 1.165) is 18.0 Å². The minimum absolute atomic E-state index is 0.00692. The Hall–Kier alpha value is -2.22. The van der Waals surface area contributed by atoms with Crippen LogP contribution in [-0.4, -0.2) is 40.7 Å². The van der Waals surface area contributed by atoms with Gasteiger partial charge in [-0.1, -0.05) is 29.3 Å². The topological polar surface area (TPSA) is 101 Å². The minimum Gasteiger partial charge on any atom is -0.476 e. The molecular formula is C16H15Cl2N3O4. The van der Waals surface area contributed by atoms with Crippen LogP contribution in [0.5, 0.6) is 0 Å². The molecule has 0 spiro atoms. The van der Waals surface area contributed by atoms with Crippen LogP contribution >= 0.6 is 23.2 Å². The molecule has 2 rings (SSSR count). The highest BCUT2D eigenvalue weighted by Crippen LogP contribution is 2.27. The van der Waals surface area contributed by atoms with Gasteiger partial charge in [0.05, 0.1) is 28.5 Å². The zero-order chi connectivity index (χ0) is 18.4. The van der Waals surface area contributed by atoms with Crippen LogP contribution in [0, 0.1) is 0 Å². The maximum atomic E-state index is 12.4. The molecule has 0 saturated heterocycles. The van der Waals surface area contributed by atoms with Crippen molar-refractivity contribution >= 4 is 35.1 Å². The fourth-order valence-corrected chi connectivity index (χ4v) is 2.38. The van der Waals surface area contributed by atoms with Gasteiger partial charge >= 0.3 is 5.97 Å². The van der Waals surface area contributed by atoms with Crippen LogP contribution in [0.3, 0.4) is 0 Å². The molecule has 0 fully saturated rings. The van der Waals surface area contributed by atoms with Crippen molar-refractivity contribution in [2.24, 2.45) is 0 Å². The summed E-state index contributed by atoms with van der Waals surface area (Å²) in [5, 5.41) is 12.4. The number of benzene rings is 1. The zero-order valence-corrected chi connectivity index (χ0v) is 14.7. The van der Waals surface area contributed by atoms with Crippen molar-refractivity contribution in [3.8, 4) is 0 Å². The first-order valence-corrected chi connectivity index (χ1v) is 7.98. The van der Waals surface area contributed by atoms with Crippen LogP contribution in [0.2, 0.25) is 10.0 Å². The molecule has 2 aromatic rings. The molecular weight excluding hydrogens is 369 g/mol. The first kappa shape index (κ1) is 19.1. The molecule has 1 amide bonds. The Labute approximate surface area is 154 Å². The lowest BCUT2D eigenvalue weighted by Gasteiger charge is -2.19. The van der Waals surface area contributed by atoms with E-state index in [0.29, 0.717) is 23.1 Å². The van der Waals surface area contributed by atoms with Crippen LogP contribution in [0.15, 0.2) is 30.6 Å². The Morgan fingerprint density at radius 3 is 2.44 bits per heavy atom. The van der Waals surface area contributed by atoms with Crippen LogP contribution in [0.4, 0.5) is 0 Å². The molecule has 1 aromatic carbocycles. The molecule has 1 aromatic heterocycles. The van der Waals surface area contributed by atoms with E-state index < -0.39 is 11.9 Å². The number of hydrogen-bond donors (Lipinski definition) is 2. The van der Waals surface area contributed by atoms with Crippen LogP contribution in [-0.2, 0) is 4.74 Å². The van der Waals surface area contributed by atoms with E-state index in [1.807, 2.05) is 0 Å². The van der Waals surface area contributed by atoms with Gasteiger partial charge in [0.1, 0.15) is 5.69 Å². The Kier molecular flexibility index (Phi) is 6.69. The number of ether oxygens (including phenoxy) is 1. The third-order valence-corrected chi connectivity index (χ3v) is 4.10. The summed E-state index contributed by atoms with van der Waals surface area (Å²) >= 11 is 12.0. The molecule has 0 aliphatic rings. The summed E-state index contributed by atoms with van der Waals surface area (Å²) in [6, 6.07) is 4.69. The standard InChI is InChI=1S/C16H15Cl2N3O4/c1-25-5-4-12(9-2-3-10(17)11(18)6-9)21-15(22)13-7-20-14(8-19-13)16(23)24/h2-3,6-8,12H,4-5H2,1H3,(H,21,22)(H,23,24). The lowest BCUT2D eigenvalue weighted by molar-refractivity contribution is 0.0688. The summed E-state index contributed by atoms with van der Waals surface area (Å²) in [5.74, 6) is -1.70. The Balaban J connectivity index is 2.19. The van der Waals surface area contributed by atoms with E-state index in [4.69, 9.17) is 33.0 Å². The third-order valence-electron chi connectivity index (χ3n) is 3.37. The fourth-order valence-electron chi connectivity index (χ4n) is 2.07. The maximum Gasteiger partial charge on any atom is 0.356 e. The number of aromatic carboxylic acids is 1. The summed E-state index contributed by atoms with van der Waals surface area (Å²) in [4.78, 5) is 30.7. The second-order valence-electron chi connectivity index (χ2n) is 5.07. The summed E-state index contributed by atoms with van der Waals surface area (Å²) in [6.07, 6.45) is 2.64.